The second-order valence-electron chi connectivity index (χ2n) is 8.12. The van der Waals surface area contributed by atoms with Crippen LogP contribution in [0.25, 0.3) is 16.9 Å². The Labute approximate surface area is 192 Å². The molecule has 7 heteroatoms. The molecule has 0 saturated carbocycles. The molecule has 0 bridgehead atoms. The van der Waals surface area contributed by atoms with Gasteiger partial charge in [0.1, 0.15) is 0 Å². The molecule has 4 aromatic rings. The Morgan fingerprint density at radius 1 is 1.09 bits per heavy atom. The van der Waals surface area contributed by atoms with Crippen molar-refractivity contribution in [1.29, 1.82) is 0 Å². The van der Waals surface area contributed by atoms with Gasteiger partial charge in [-0.1, -0.05) is 18.2 Å². The second kappa shape index (κ2) is 8.41. The summed E-state index contributed by atoms with van der Waals surface area (Å²) >= 11 is 1.75. The first-order chi connectivity index (χ1) is 15.5. The predicted molar refractivity (Wildman–Crippen MR) is 127 cm³/mol. The lowest BCUT2D eigenvalue weighted by atomic mass is 10.1. The molecule has 0 N–H and O–H groups in total. The Morgan fingerprint density at radius 3 is 2.62 bits per heavy atom. The fourth-order valence-corrected chi connectivity index (χ4v) is 4.98. The zero-order valence-corrected chi connectivity index (χ0v) is 19.5. The number of aryl methyl sites for hydroxylation is 2. The molecule has 0 aliphatic carbocycles. The molecule has 0 unspecified atom stereocenters. The van der Waals surface area contributed by atoms with E-state index in [0.29, 0.717) is 0 Å². The highest BCUT2D eigenvalue weighted by Gasteiger charge is 2.22. The average molecular weight is 447 g/mol. The molecule has 0 saturated heterocycles. The van der Waals surface area contributed by atoms with Gasteiger partial charge in [-0.2, -0.15) is 5.10 Å². The highest BCUT2D eigenvalue weighted by molar-refractivity contribution is 7.11. The van der Waals surface area contributed by atoms with E-state index in [-0.39, 0.29) is 12.8 Å². The molecule has 0 spiro atoms. The van der Waals surface area contributed by atoms with Crippen LogP contribution in [0, 0.1) is 13.8 Å². The SMILES string of the molecule is Cc1nc([C@H](C)N(C)Cc2cn(-c3ccccc3)nc2-c2ccc3c(c2)OCO3)c(C)s1. The van der Waals surface area contributed by atoms with Gasteiger partial charge in [-0.25, -0.2) is 9.67 Å². The molecule has 1 aliphatic rings. The van der Waals surface area contributed by atoms with Gasteiger partial charge in [0.05, 0.1) is 28.1 Å². The van der Waals surface area contributed by atoms with Crippen LogP contribution >= 0.6 is 11.3 Å². The van der Waals surface area contributed by atoms with Crippen molar-refractivity contribution >= 4 is 11.3 Å². The molecule has 0 amide bonds. The summed E-state index contributed by atoms with van der Waals surface area (Å²) in [7, 11) is 2.14. The number of thiazole rings is 1. The number of fused-ring (bicyclic) bond motifs is 1. The second-order valence-corrected chi connectivity index (χ2v) is 9.52. The molecule has 1 atom stereocenters. The van der Waals surface area contributed by atoms with E-state index in [4.69, 9.17) is 19.6 Å². The lowest BCUT2D eigenvalue weighted by Crippen LogP contribution is -2.23. The lowest BCUT2D eigenvalue weighted by molar-refractivity contribution is 0.174. The summed E-state index contributed by atoms with van der Waals surface area (Å²) in [5, 5.41) is 6.07. The topological polar surface area (TPSA) is 52.4 Å². The quantitative estimate of drug-likeness (QED) is 0.390. The molecular formula is C25H26N4O2S. The van der Waals surface area contributed by atoms with E-state index in [0.717, 1.165) is 51.3 Å². The fourth-order valence-electron chi connectivity index (χ4n) is 4.07. The number of nitrogens with zero attached hydrogens (tertiary/aromatic N) is 4. The Morgan fingerprint density at radius 2 is 1.88 bits per heavy atom. The normalized spacial score (nSPS) is 13.7. The van der Waals surface area contributed by atoms with Gasteiger partial charge < -0.3 is 9.47 Å². The number of benzene rings is 2. The van der Waals surface area contributed by atoms with Crippen LogP contribution in [0.1, 0.15) is 34.1 Å². The predicted octanol–water partition coefficient (Wildman–Crippen LogP) is 5.53. The fraction of sp³-hybridized carbons (Fsp3) is 0.280. The summed E-state index contributed by atoms with van der Waals surface area (Å²) in [6.07, 6.45) is 2.12. The van der Waals surface area contributed by atoms with Gasteiger partial charge in [-0.15, -0.1) is 11.3 Å². The average Bonchev–Trinajstić information content (AvgIpc) is 3.51. The zero-order chi connectivity index (χ0) is 22.2. The smallest absolute Gasteiger partial charge is 0.231 e. The van der Waals surface area contributed by atoms with Gasteiger partial charge in [0.2, 0.25) is 6.79 Å². The van der Waals surface area contributed by atoms with Gasteiger partial charge in [0.15, 0.2) is 11.5 Å². The highest BCUT2D eigenvalue weighted by atomic mass is 32.1. The molecule has 3 heterocycles. The summed E-state index contributed by atoms with van der Waals surface area (Å²) in [4.78, 5) is 8.37. The van der Waals surface area contributed by atoms with Gasteiger partial charge in [0, 0.05) is 28.7 Å². The lowest BCUT2D eigenvalue weighted by Gasteiger charge is -2.24. The van der Waals surface area contributed by atoms with Crippen LogP contribution in [-0.4, -0.2) is 33.5 Å². The Kier molecular flexibility index (Phi) is 5.45. The van der Waals surface area contributed by atoms with Crippen molar-refractivity contribution in [3.63, 3.8) is 0 Å². The van der Waals surface area contributed by atoms with E-state index in [1.54, 1.807) is 11.3 Å². The van der Waals surface area contributed by atoms with E-state index < -0.39 is 0 Å². The molecule has 2 aromatic heterocycles. The Bertz CT molecular complexity index is 1250. The van der Waals surface area contributed by atoms with Crippen LogP contribution < -0.4 is 9.47 Å². The van der Waals surface area contributed by atoms with Crippen molar-refractivity contribution < 1.29 is 9.47 Å². The molecule has 6 nitrogen and oxygen atoms in total. The van der Waals surface area contributed by atoms with Gasteiger partial charge in [0.25, 0.3) is 0 Å². The standard InChI is InChI=1S/C25H26N4O2S/c1-16(24-17(2)32-18(3)26-24)28(4)13-20-14-29(21-8-6-5-7-9-21)27-25(20)19-10-11-22-23(12-19)31-15-30-22/h5-12,14,16H,13,15H2,1-4H3/t16-/m0/s1. The van der Waals surface area contributed by atoms with Crippen LogP contribution in [0.5, 0.6) is 11.5 Å². The summed E-state index contributed by atoms with van der Waals surface area (Å²) in [5.41, 5.74) is 5.28. The maximum absolute atomic E-state index is 5.61. The summed E-state index contributed by atoms with van der Waals surface area (Å²) in [6.45, 7) is 7.43. The van der Waals surface area contributed by atoms with E-state index in [1.165, 1.54) is 4.88 Å². The number of hydrogen-bond acceptors (Lipinski definition) is 6. The molecule has 164 valence electrons. The maximum Gasteiger partial charge on any atom is 0.231 e. The van der Waals surface area contributed by atoms with Crippen LogP contribution in [0.4, 0.5) is 0 Å². The largest absolute Gasteiger partial charge is 0.454 e. The number of para-hydroxylation sites is 1. The summed E-state index contributed by atoms with van der Waals surface area (Å²) in [6, 6.07) is 16.4. The van der Waals surface area contributed by atoms with Crippen LogP contribution in [0.2, 0.25) is 0 Å². The first-order valence-electron chi connectivity index (χ1n) is 10.7. The van der Waals surface area contributed by atoms with Crippen molar-refractivity contribution in [2.75, 3.05) is 13.8 Å². The number of hydrogen-bond donors (Lipinski definition) is 0. The zero-order valence-electron chi connectivity index (χ0n) is 18.7. The minimum absolute atomic E-state index is 0.199. The Hall–Kier alpha value is -3.16. The number of rotatable bonds is 6. The molecule has 1 aliphatic heterocycles. The summed E-state index contributed by atoms with van der Waals surface area (Å²) in [5.74, 6) is 1.54. The maximum atomic E-state index is 5.61. The Balaban J connectivity index is 1.51. The number of aromatic nitrogens is 3. The molecule has 0 fully saturated rings. The van der Waals surface area contributed by atoms with Crippen LogP contribution in [-0.2, 0) is 6.54 Å². The highest BCUT2D eigenvalue weighted by Crippen LogP contribution is 2.37. The molecule has 0 radical (unpaired) electrons. The minimum atomic E-state index is 0.199. The van der Waals surface area contributed by atoms with Crippen molar-refractivity contribution in [3.8, 4) is 28.4 Å². The van der Waals surface area contributed by atoms with E-state index in [9.17, 15) is 0 Å². The molecule has 32 heavy (non-hydrogen) atoms. The van der Waals surface area contributed by atoms with E-state index in [2.05, 4.69) is 51.0 Å². The van der Waals surface area contributed by atoms with Crippen LogP contribution in [0.15, 0.2) is 54.7 Å². The van der Waals surface area contributed by atoms with Gasteiger partial charge >= 0.3 is 0 Å². The van der Waals surface area contributed by atoms with Crippen molar-refractivity contribution in [3.05, 3.63) is 75.9 Å². The van der Waals surface area contributed by atoms with Gasteiger partial charge in [-0.05, 0) is 58.2 Å². The first-order valence-corrected chi connectivity index (χ1v) is 11.5. The first kappa shape index (κ1) is 20.7. The third-order valence-electron chi connectivity index (χ3n) is 5.87. The van der Waals surface area contributed by atoms with Crippen molar-refractivity contribution in [2.24, 2.45) is 0 Å². The molecule has 2 aromatic carbocycles. The third-order valence-corrected chi connectivity index (χ3v) is 6.77. The van der Waals surface area contributed by atoms with Crippen LogP contribution in [0.3, 0.4) is 0 Å². The van der Waals surface area contributed by atoms with E-state index >= 15 is 0 Å². The number of ether oxygens (including phenoxy) is 2. The molecular weight excluding hydrogens is 420 g/mol. The third kappa shape index (κ3) is 3.89. The molecule has 5 rings (SSSR count). The summed E-state index contributed by atoms with van der Waals surface area (Å²) < 4.78 is 13.1. The van der Waals surface area contributed by atoms with E-state index in [1.807, 2.05) is 41.1 Å². The minimum Gasteiger partial charge on any atom is -0.454 e. The monoisotopic (exact) mass is 446 g/mol. The van der Waals surface area contributed by atoms with Crippen molar-refractivity contribution in [2.45, 2.75) is 33.4 Å². The van der Waals surface area contributed by atoms with Crippen molar-refractivity contribution in [1.82, 2.24) is 19.7 Å². The van der Waals surface area contributed by atoms with Gasteiger partial charge in [-0.3, -0.25) is 4.90 Å².